The van der Waals surface area contributed by atoms with E-state index >= 15 is 0 Å². The van der Waals surface area contributed by atoms with Crippen molar-refractivity contribution in [2.45, 2.75) is 169 Å². The molecule has 0 saturated carbocycles. The molecule has 2 atom stereocenters. The average Bonchev–Trinajstić information content (AvgIpc) is 2.76. The molecule has 0 saturated heterocycles. The van der Waals surface area contributed by atoms with Crippen LogP contribution in [-0.2, 0) is 0 Å². The van der Waals surface area contributed by atoms with Crippen LogP contribution in [0.25, 0.3) is 0 Å². The molecule has 0 aliphatic rings. The Labute approximate surface area is 202 Å². The van der Waals surface area contributed by atoms with Gasteiger partial charge >= 0.3 is 0 Å². The fraction of sp³-hybridized carbons (Fsp3) is 0.933. The largest absolute Gasteiger partial charge is 0.356 e. The molecule has 0 spiro atoms. The highest BCUT2D eigenvalue weighted by atomic mass is 16.5. The smallest absolute Gasteiger partial charge is 0.228 e. The molecule has 0 aromatic heterocycles. The predicted octanol–water partition coefficient (Wildman–Crippen LogP) is 9.17. The molecule has 0 fully saturated rings. The van der Waals surface area contributed by atoms with E-state index in [0.29, 0.717) is 12.3 Å². The van der Waals surface area contributed by atoms with Gasteiger partial charge < -0.3 is 10.2 Å². The first-order chi connectivity index (χ1) is 15.3. The van der Waals surface area contributed by atoms with Gasteiger partial charge in [0, 0.05) is 11.8 Å². The second kappa shape index (κ2) is 19.9. The van der Waals surface area contributed by atoms with Gasteiger partial charge in [0.25, 0.3) is 0 Å². The highest BCUT2D eigenvalue weighted by molar-refractivity contribution is 5.17. The van der Waals surface area contributed by atoms with E-state index < -0.39 is 5.79 Å². The number of hydrogen-bond acceptors (Lipinski definition) is 2. The van der Waals surface area contributed by atoms with E-state index in [1.165, 1.54) is 96.3 Å². The van der Waals surface area contributed by atoms with Crippen molar-refractivity contribution in [2.24, 2.45) is 11.3 Å². The Balaban J connectivity index is 4.43. The van der Waals surface area contributed by atoms with Gasteiger partial charge in [-0.25, -0.2) is 0 Å². The fourth-order valence-corrected chi connectivity index (χ4v) is 4.53. The Morgan fingerprint density at radius 2 is 0.969 bits per heavy atom. The van der Waals surface area contributed by atoms with Crippen LogP contribution < -0.4 is 0 Å². The number of aliphatic hydroxyl groups is 2. The minimum Gasteiger partial charge on any atom is -0.356 e. The van der Waals surface area contributed by atoms with Crippen molar-refractivity contribution in [3.63, 3.8) is 0 Å². The molecule has 0 aliphatic carbocycles. The summed E-state index contributed by atoms with van der Waals surface area (Å²) in [7, 11) is 0. The summed E-state index contributed by atoms with van der Waals surface area (Å²) in [4.78, 5) is 0. The molecule has 0 amide bonds. The van der Waals surface area contributed by atoms with Gasteiger partial charge in [0.2, 0.25) is 5.79 Å². The standard InChI is InChI=1S/C30H58O2/c1-6-9-12-13-14-15-16-17-18-19-20-23-28(4)29(5,24-21-10-7-2)26-27-30(31,32)25-22-11-8-3/h28,31-32H,6-25H2,1-5H3. The lowest BCUT2D eigenvalue weighted by Gasteiger charge is -2.32. The van der Waals surface area contributed by atoms with Crippen LogP contribution in [-0.4, -0.2) is 16.0 Å². The summed E-state index contributed by atoms with van der Waals surface area (Å²) in [6.07, 6.45) is 24.2. The minimum atomic E-state index is -1.84. The molecule has 32 heavy (non-hydrogen) atoms. The van der Waals surface area contributed by atoms with Crippen LogP contribution in [0.4, 0.5) is 0 Å². The molecule has 2 nitrogen and oxygen atoms in total. The van der Waals surface area contributed by atoms with Gasteiger partial charge in [-0.1, -0.05) is 136 Å². The predicted molar refractivity (Wildman–Crippen MR) is 142 cm³/mol. The Morgan fingerprint density at radius 1 is 0.562 bits per heavy atom. The number of hydrogen-bond donors (Lipinski definition) is 2. The maximum Gasteiger partial charge on any atom is 0.228 e. The van der Waals surface area contributed by atoms with E-state index in [1.54, 1.807) is 0 Å². The minimum absolute atomic E-state index is 0.130. The number of unbranched alkanes of at least 4 members (excludes halogenated alkanes) is 14. The lowest BCUT2D eigenvalue weighted by Crippen LogP contribution is -2.29. The molecule has 2 N–H and O–H groups in total. The Morgan fingerprint density at radius 3 is 1.47 bits per heavy atom. The molecule has 0 bridgehead atoms. The third-order valence-electron chi connectivity index (χ3n) is 7.31. The highest BCUT2D eigenvalue weighted by Gasteiger charge is 2.29. The summed E-state index contributed by atoms with van der Waals surface area (Å²) in [6, 6.07) is 0. The molecule has 0 rings (SSSR count). The molecule has 0 aromatic rings. The normalized spacial score (nSPS) is 14.6. The van der Waals surface area contributed by atoms with Gasteiger partial charge in [0.15, 0.2) is 0 Å². The second-order valence-corrected chi connectivity index (χ2v) is 10.6. The zero-order valence-corrected chi connectivity index (χ0v) is 22.6. The molecule has 0 heterocycles. The highest BCUT2D eigenvalue weighted by Crippen LogP contribution is 2.36. The summed E-state index contributed by atoms with van der Waals surface area (Å²) in [5, 5.41) is 20.6. The van der Waals surface area contributed by atoms with E-state index in [1.807, 2.05) is 0 Å². The van der Waals surface area contributed by atoms with Gasteiger partial charge in [0.05, 0.1) is 0 Å². The summed E-state index contributed by atoms with van der Waals surface area (Å²) >= 11 is 0. The quantitative estimate of drug-likeness (QED) is 0.104. The van der Waals surface area contributed by atoms with Crippen molar-refractivity contribution in [1.82, 2.24) is 0 Å². The zero-order valence-electron chi connectivity index (χ0n) is 22.6. The van der Waals surface area contributed by atoms with Crippen molar-refractivity contribution in [2.75, 3.05) is 0 Å². The van der Waals surface area contributed by atoms with Crippen LogP contribution in [0.1, 0.15) is 163 Å². The maximum absolute atomic E-state index is 10.3. The monoisotopic (exact) mass is 450 g/mol. The van der Waals surface area contributed by atoms with Crippen LogP contribution in [0.5, 0.6) is 0 Å². The van der Waals surface area contributed by atoms with E-state index in [4.69, 9.17) is 0 Å². The van der Waals surface area contributed by atoms with Crippen LogP contribution in [0.3, 0.4) is 0 Å². The first kappa shape index (κ1) is 31.5. The van der Waals surface area contributed by atoms with E-state index in [-0.39, 0.29) is 5.41 Å². The first-order valence-electron chi connectivity index (χ1n) is 14.3. The summed E-state index contributed by atoms with van der Waals surface area (Å²) < 4.78 is 0. The topological polar surface area (TPSA) is 40.5 Å². The SMILES string of the molecule is CCCCCCCCCCCCCC(C)C(C)(C#CC(O)(O)CCCCC)CCCCC. The maximum atomic E-state index is 10.3. The molecule has 0 radical (unpaired) electrons. The zero-order chi connectivity index (χ0) is 24.1. The van der Waals surface area contributed by atoms with Crippen LogP contribution in [0.15, 0.2) is 0 Å². The molecule has 2 unspecified atom stereocenters. The summed E-state index contributed by atoms with van der Waals surface area (Å²) in [5.74, 6) is 4.88. The van der Waals surface area contributed by atoms with Gasteiger partial charge in [-0.3, -0.25) is 0 Å². The molecular weight excluding hydrogens is 392 g/mol. The Kier molecular flexibility index (Phi) is 19.6. The first-order valence-corrected chi connectivity index (χ1v) is 14.3. The molecule has 0 aromatic carbocycles. The van der Waals surface area contributed by atoms with E-state index in [2.05, 4.69) is 46.5 Å². The lowest BCUT2D eigenvalue weighted by atomic mass is 9.72. The van der Waals surface area contributed by atoms with Crippen molar-refractivity contribution in [1.29, 1.82) is 0 Å². The van der Waals surface area contributed by atoms with Crippen molar-refractivity contribution in [3.8, 4) is 11.8 Å². The molecule has 2 heteroatoms. The fourth-order valence-electron chi connectivity index (χ4n) is 4.53. The van der Waals surface area contributed by atoms with Crippen molar-refractivity contribution < 1.29 is 10.2 Å². The average molecular weight is 451 g/mol. The van der Waals surface area contributed by atoms with Crippen LogP contribution in [0.2, 0.25) is 0 Å². The van der Waals surface area contributed by atoms with Gasteiger partial charge in [-0.05, 0) is 38.0 Å². The van der Waals surface area contributed by atoms with E-state index in [9.17, 15) is 10.2 Å². The van der Waals surface area contributed by atoms with Gasteiger partial charge in [-0.15, -0.1) is 0 Å². The van der Waals surface area contributed by atoms with Crippen LogP contribution in [0, 0.1) is 23.2 Å². The third kappa shape index (κ3) is 17.0. The summed E-state index contributed by atoms with van der Waals surface area (Å²) in [5.41, 5.74) is -0.130. The number of rotatable bonds is 21. The Bertz CT molecular complexity index is 473. The van der Waals surface area contributed by atoms with Crippen LogP contribution >= 0.6 is 0 Å². The second-order valence-electron chi connectivity index (χ2n) is 10.6. The molecular formula is C30H58O2. The third-order valence-corrected chi connectivity index (χ3v) is 7.31. The van der Waals surface area contributed by atoms with Crippen molar-refractivity contribution >= 4 is 0 Å². The van der Waals surface area contributed by atoms with E-state index in [0.717, 1.165) is 25.7 Å². The summed E-state index contributed by atoms with van der Waals surface area (Å²) in [6.45, 7) is 11.2. The van der Waals surface area contributed by atoms with Crippen molar-refractivity contribution in [3.05, 3.63) is 0 Å². The lowest BCUT2D eigenvalue weighted by molar-refractivity contribution is -0.115. The van der Waals surface area contributed by atoms with Gasteiger partial charge in [-0.2, -0.15) is 0 Å². The van der Waals surface area contributed by atoms with Gasteiger partial charge in [0.1, 0.15) is 0 Å². The molecule has 0 aliphatic heterocycles. The molecule has 190 valence electrons. The Hall–Kier alpha value is -0.520.